The zero-order chi connectivity index (χ0) is 44.4. The topological polar surface area (TPSA) is 42.7 Å². The van der Waals surface area contributed by atoms with Crippen molar-refractivity contribution in [2.24, 2.45) is 0 Å². The molecular weight excluding hydrogens is 819 g/mol. The van der Waals surface area contributed by atoms with E-state index in [1.165, 1.54) is 33.4 Å². The summed E-state index contributed by atoms with van der Waals surface area (Å²) < 4.78 is 20.2. The molecule has 0 bridgehead atoms. The molecule has 3 heterocycles. The van der Waals surface area contributed by atoms with Crippen molar-refractivity contribution in [3.8, 4) is 44.5 Å². The Morgan fingerprint density at radius 3 is 1.66 bits per heavy atom. The van der Waals surface area contributed by atoms with Crippen molar-refractivity contribution in [3.63, 3.8) is 0 Å². The Morgan fingerprint density at radius 2 is 0.866 bits per heavy atom. The van der Waals surface area contributed by atoms with E-state index in [0.717, 1.165) is 105 Å². The molecule has 0 unspecified atom stereocenters. The van der Waals surface area contributed by atoms with Gasteiger partial charge in [0, 0.05) is 65.9 Å². The number of para-hydroxylation sites is 3. The monoisotopic (exact) mass is 859 g/mol. The van der Waals surface area contributed by atoms with Gasteiger partial charge >= 0.3 is 0 Å². The highest BCUT2D eigenvalue weighted by Gasteiger charge is 2.36. The number of rotatable bonds is 6. The van der Waals surface area contributed by atoms with Gasteiger partial charge in [0.2, 0.25) is 0 Å². The van der Waals surface area contributed by atoms with Crippen LogP contribution in [-0.4, -0.2) is 0 Å². The molecule has 4 nitrogen and oxygen atoms in total. The van der Waals surface area contributed by atoms with Crippen LogP contribution in [0.2, 0.25) is 0 Å². The molecule has 3 aromatic heterocycles. The maximum atomic E-state index is 7.07. The fourth-order valence-corrected chi connectivity index (χ4v) is 11.1. The Balaban J connectivity index is 0.954. The Labute approximate surface area is 386 Å². The molecule has 14 rings (SSSR count). The molecule has 0 aliphatic heterocycles. The van der Waals surface area contributed by atoms with Gasteiger partial charge in [-0.15, -0.1) is 0 Å². The molecule has 1 aliphatic carbocycles. The Morgan fingerprint density at radius 1 is 0.313 bits per heavy atom. The first-order valence-corrected chi connectivity index (χ1v) is 23.0. The van der Waals surface area contributed by atoms with E-state index in [9.17, 15) is 0 Å². The Kier molecular flexibility index (Phi) is 8.00. The quantitative estimate of drug-likeness (QED) is 0.167. The fourth-order valence-electron chi connectivity index (χ4n) is 11.1. The van der Waals surface area contributed by atoms with Crippen molar-refractivity contribution < 1.29 is 13.3 Å². The summed E-state index contributed by atoms with van der Waals surface area (Å²) in [6, 6.07) is 75.8. The van der Waals surface area contributed by atoms with Crippen LogP contribution in [0, 0.1) is 0 Å². The molecule has 0 N–H and O–H groups in total. The van der Waals surface area contributed by atoms with Crippen molar-refractivity contribution in [3.05, 3.63) is 223 Å². The number of anilines is 3. The summed E-state index contributed by atoms with van der Waals surface area (Å²) in [5.41, 5.74) is 20.0. The number of benzene rings is 10. The number of hydrogen-bond donors (Lipinski definition) is 0. The standard InChI is InChI=1S/C63H41NO3/c1-63(2)52-20-9-6-15-45(52)46-32-31-43(37-53(46)63)64(41-27-23-39(24-28-41)38-13-4-3-5-14-38)42-29-25-40(26-30-42)44-33-34-48(50-19-12-18-49-47-16-7-10-21-54(47)66-61(49)50)59-60-57(67-62(44)59)36-35-56-58(60)51-17-8-11-22-55(51)65-56/h3-37H,1-2H3. The second kappa shape index (κ2) is 14.2. The Hall–Kier alpha value is -8.60. The average molecular weight is 860 g/mol. The van der Waals surface area contributed by atoms with E-state index in [4.69, 9.17) is 13.3 Å². The lowest BCUT2D eigenvalue weighted by Gasteiger charge is -2.28. The number of nitrogens with zero attached hydrogens (tertiary/aromatic N) is 1. The predicted molar refractivity (Wildman–Crippen MR) is 277 cm³/mol. The van der Waals surface area contributed by atoms with Crippen LogP contribution in [0.25, 0.3) is 110 Å². The minimum absolute atomic E-state index is 0.136. The molecule has 1 aliphatic rings. The van der Waals surface area contributed by atoms with Crippen LogP contribution in [0.4, 0.5) is 17.1 Å². The van der Waals surface area contributed by atoms with Crippen molar-refractivity contribution in [1.82, 2.24) is 0 Å². The van der Waals surface area contributed by atoms with Crippen LogP contribution < -0.4 is 4.90 Å². The highest BCUT2D eigenvalue weighted by molar-refractivity contribution is 6.30. The molecule has 13 aromatic rings. The highest BCUT2D eigenvalue weighted by Crippen LogP contribution is 2.52. The van der Waals surface area contributed by atoms with E-state index >= 15 is 0 Å². The van der Waals surface area contributed by atoms with Gasteiger partial charge in [0.15, 0.2) is 0 Å². The first kappa shape index (κ1) is 37.7. The zero-order valence-electron chi connectivity index (χ0n) is 36.9. The van der Waals surface area contributed by atoms with E-state index in [2.05, 4.69) is 201 Å². The normalized spacial score (nSPS) is 13.0. The minimum atomic E-state index is -0.136. The predicted octanol–water partition coefficient (Wildman–Crippen LogP) is 18.2. The molecule has 316 valence electrons. The molecule has 0 spiro atoms. The summed E-state index contributed by atoms with van der Waals surface area (Å²) >= 11 is 0. The fraction of sp³-hybridized carbons (Fsp3) is 0.0476. The smallest absolute Gasteiger partial charge is 0.143 e. The van der Waals surface area contributed by atoms with E-state index < -0.39 is 0 Å². The second-order valence-corrected chi connectivity index (χ2v) is 18.4. The lowest BCUT2D eigenvalue weighted by molar-refractivity contribution is 0.660. The van der Waals surface area contributed by atoms with E-state index in [1.807, 2.05) is 30.3 Å². The van der Waals surface area contributed by atoms with Gasteiger partial charge in [-0.1, -0.05) is 159 Å². The summed E-state index contributed by atoms with van der Waals surface area (Å²) in [4.78, 5) is 2.38. The summed E-state index contributed by atoms with van der Waals surface area (Å²) in [5, 5.41) is 6.36. The van der Waals surface area contributed by atoms with Crippen molar-refractivity contribution in [2.75, 3.05) is 4.90 Å². The van der Waals surface area contributed by atoms with Crippen molar-refractivity contribution in [2.45, 2.75) is 19.3 Å². The first-order chi connectivity index (χ1) is 33.0. The average Bonchev–Trinajstić information content (AvgIpc) is 4.13. The summed E-state index contributed by atoms with van der Waals surface area (Å²) in [6.07, 6.45) is 0. The molecule has 67 heavy (non-hydrogen) atoms. The second-order valence-electron chi connectivity index (χ2n) is 18.4. The van der Waals surface area contributed by atoms with E-state index in [0.29, 0.717) is 0 Å². The van der Waals surface area contributed by atoms with Crippen molar-refractivity contribution >= 4 is 82.9 Å². The zero-order valence-corrected chi connectivity index (χ0v) is 36.9. The maximum absolute atomic E-state index is 7.07. The van der Waals surface area contributed by atoms with E-state index in [-0.39, 0.29) is 5.41 Å². The lowest BCUT2D eigenvalue weighted by atomic mass is 9.82. The van der Waals surface area contributed by atoms with E-state index in [1.54, 1.807) is 0 Å². The highest BCUT2D eigenvalue weighted by atomic mass is 16.3. The van der Waals surface area contributed by atoms with Gasteiger partial charge in [0.05, 0.1) is 0 Å². The van der Waals surface area contributed by atoms with Gasteiger partial charge in [0.25, 0.3) is 0 Å². The number of furan rings is 3. The maximum Gasteiger partial charge on any atom is 0.143 e. The largest absolute Gasteiger partial charge is 0.456 e. The summed E-state index contributed by atoms with van der Waals surface area (Å²) in [7, 11) is 0. The van der Waals surface area contributed by atoms with Gasteiger partial charge in [-0.05, 0) is 111 Å². The van der Waals surface area contributed by atoms with Crippen LogP contribution >= 0.6 is 0 Å². The lowest BCUT2D eigenvalue weighted by Crippen LogP contribution is -2.16. The van der Waals surface area contributed by atoms with Crippen LogP contribution in [-0.2, 0) is 5.41 Å². The minimum Gasteiger partial charge on any atom is -0.456 e. The molecule has 0 saturated heterocycles. The number of fused-ring (bicyclic) bond motifs is 13. The number of hydrogen-bond acceptors (Lipinski definition) is 4. The molecule has 4 heteroatoms. The van der Waals surface area contributed by atoms with Crippen LogP contribution in [0.5, 0.6) is 0 Å². The molecule has 0 saturated carbocycles. The van der Waals surface area contributed by atoms with Crippen LogP contribution in [0.1, 0.15) is 25.0 Å². The van der Waals surface area contributed by atoms with Gasteiger partial charge in [-0.3, -0.25) is 0 Å². The molecule has 0 amide bonds. The van der Waals surface area contributed by atoms with Gasteiger partial charge in [0.1, 0.15) is 33.5 Å². The Bertz CT molecular complexity index is 4110. The molecule has 0 fully saturated rings. The van der Waals surface area contributed by atoms with Gasteiger partial charge in [-0.2, -0.15) is 0 Å². The molecule has 10 aromatic carbocycles. The molecular formula is C63H41NO3. The van der Waals surface area contributed by atoms with Gasteiger partial charge < -0.3 is 18.2 Å². The van der Waals surface area contributed by atoms with Crippen LogP contribution in [0.15, 0.2) is 226 Å². The third kappa shape index (κ3) is 5.60. The van der Waals surface area contributed by atoms with Gasteiger partial charge in [-0.25, -0.2) is 0 Å². The molecule has 0 atom stereocenters. The summed E-state index contributed by atoms with van der Waals surface area (Å²) in [6.45, 7) is 4.69. The SMILES string of the molecule is CC1(C)c2ccccc2-c2ccc(N(c3ccc(-c4ccccc4)cc3)c3ccc(-c4ccc(-c5cccc6c5oc5ccccc56)c5c4oc4ccc6oc7ccccc7c6c45)cc3)cc21. The van der Waals surface area contributed by atoms with Crippen LogP contribution in [0.3, 0.4) is 0 Å². The summed E-state index contributed by atoms with van der Waals surface area (Å²) in [5.74, 6) is 0. The first-order valence-electron chi connectivity index (χ1n) is 23.0. The van der Waals surface area contributed by atoms with Crippen molar-refractivity contribution in [1.29, 1.82) is 0 Å². The third-order valence-electron chi connectivity index (χ3n) is 14.3. The molecule has 0 radical (unpaired) electrons. The third-order valence-corrected chi connectivity index (χ3v) is 14.3.